The van der Waals surface area contributed by atoms with Gasteiger partial charge in [0.05, 0.1) is 10.6 Å². The van der Waals surface area contributed by atoms with Crippen molar-refractivity contribution >= 4 is 34.9 Å². The molecule has 3 heterocycles. The van der Waals surface area contributed by atoms with Crippen LogP contribution in [0, 0.1) is 0 Å². The molecule has 0 radical (unpaired) electrons. The molecule has 7 heteroatoms. The summed E-state index contributed by atoms with van der Waals surface area (Å²) in [7, 11) is 2.05. The number of halogens is 1. The van der Waals surface area contributed by atoms with Crippen LogP contribution in [0.15, 0.2) is 49.2 Å². The van der Waals surface area contributed by atoms with Gasteiger partial charge in [-0.3, -0.25) is 9.59 Å². The molecule has 1 aromatic heterocycles. The molecule has 2 amide bonds. The van der Waals surface area contributed by atoms with Gasteiger partial charge in [-0.2, -0.15) is 0 Å². The molecule has 2 aromatic rings. The third-order valence-electron chi connectivity index (χ3n) is 5.83. The average molecular weight is 397 g/mol. The third-order valence-corrected chi connectivity index (χ3v) is 6.05. The van der Waals surface area contributed by atoms with Crippen molar-refractivity contribution in [2.75, 3.05) is 25.5 Å². The maximum Gasteiger partial charge on any atom is 0.315 e. The minimum Gasteiger partial charge on any atom is -0.365 e. The summed E-state index contributed by atoms with van der Waals surface area (Å²) in [6, 6.07) is 11.5. The second kappa shape index (κ2) is 6.95. The van der Waals surface area contributed by atoms with Crippen LogP contribution in [0.4, 0.5) is 5.82 Å². The van der Waals surface area contributed by atoms with Gasteiger partial charge in [0.15, 0.2) is 0 Å². The zero-order valence-corrected chi connectivity index (χ0v) is 16.4. The molecule has 1 saturated heterocycles. The molecule has 0 saturated carbocycles. The molecule has 0 atom stereocenters. The topological polar surface area (TPSA) is 65.5 Å². The number of carbonyl (C=O) groups excluding carboxylic acids is 2. The van der Waals surface area contributed by atoms with E-state index in [4.69, 9.17) is 11.6 Å². The highest BCUT2D eigenvalue weighted by Crippen LogP contribution is 2.49. The summed E-state index contributed by atoms with van der Waals surface area (Å²) < 4.78 is 0. The number of hydrogen-bond acceptors (Lipinski definition) is 4. The van der Waals surface area contributed by atoms with Crippen LogP contribution in [0.1, 0.15) is 24.0 Å². The Morgan fingerprint density at radius 3 is 2.57 bits per heavy atom. The van der Waals surface area contributed by atoms with Gasteiger partial charge in [0.1, 0.15) is 5.82 Å². The van der Waals surface area contributed by atoms with Crippen LogP contribution in [-0.4, -0.2) is 46.7 Å². The number of nitrogens with one attached hydrogen (secondary N) is 1. The number of rotatable bonds is 1. The maximum atomic E-state index is 12.6. The summed E-state index contributed by atoms with van der Waals surface area (Å²) in [6.45, 7) is 5.24. The van der Waals surface area contributed by atoms with Crippen LogP contribution in [0.25, 0.3) is 5.70 Å². The minimum atomic E-state index is -0.685. The number of carbonyl (C=O) groups is 2. The van der Waals surface area contributed by atoms with Crippen molar-refractivity contribution in [1.82, 2.24) is 14.8 Å². The lowest BCUT2D eigenvalue weighted by Crippen LogP contribution is -2.52. The van der Waals surface area contributed by atoms with Gasteiger partial charge in [-0.05, 0) is 30.5 Å². The Morgan fingerprint density at radius 1 is 1.18 bits per heavy atom. The predicted molar refractivity (Wildman–Crippen MR) is 109 cm³/mol. The standard InChI is InChI=1S/C21H21ClN4O2/c1-14-16-5-3-4-6-17(16)21(25(14)2)9-11-26(12-10-21)20(28)19(27)24-18-8-7-15(22)13-23-18/h3-8,13H,1,9-12H2,2H3,(H,23,24,27). The Bertz CT molecular complexity index is 949. The highest BCUT2D eigenvalue weighted by Gasteiger charge is 2.47. The second-order valence-electron chi connectivity index (χ2n) is 7.19. The number of hydrogen-bond donors (Lipinski definition) is 1. The summed E-state index contributed by atoms with van der Waals surface area (Å²) >= 11 is 5.79. The lowest BCUT2D eigenvalue weighted by molar-refractivity contribution is -0.144. The normalized spacial score (nSPS) is 17.6. The smallest absolute Gasteiger partial charge is 0.315 e. The van der Waals surface area contributed by atoms with E-state index < -0.39 is 11.8 Å². The van der Waals surface area contributed by atoms with E-state index in [0.29, 0.717) is 23.9 Å². The van der Waals surface area contributed by atoms with E-state index in [1.165, 1.54) is 11.8 Å². The highest BCUT2D eigenvalue weighted by molar-refractivity contribution is 6.39. The number of likely N-dealkylation sites (tertiary alicyclic amines) is 1. The first-order valence-electron chi connectivity index (χ1n) is 9.17. The van der Waals surface area contributed by atoms with E-state index in [1.807, 2.05) is 12.1 Å². The number of piperidine rings is 1. The Hall–Kier alpha value is -2.86. The van der Waals surface area contributed by atoms with Crippen molar-refractivity contribution in [3.05, 3.63) is 65.3 Å². The van der Waals surface area contributed by atoms with E-state index in [0.717, 1.165) is 24.1 Å². The van der Waals surface area contributed by atoms with Crippen molar-refractivity contribution in [1.29, 1.82) is 0 Å². The van der Waals surface area contributed by atoms with E-state index in [-0.39, 0.29) is 5.54 Å². The van der Waals surface area contributed by atoms with Crippen molar-refractivity contribution in [3.63, 3.8) is 0 Å². The number of benzene rings is 1. The molecule has 0 unspecified atom stereocenters. The van der Waals surface area contributed by atoms with Crippen molar-refractivity contribution in [2.45, 2.75) is 18.4 Å². The van der Waals surface area contributed by atoms with Crippen molar-refractivity contribution < 1.29 is 9.59 Å². The molecule has 2 aliphatic rings. The summed E-state index contributed by atoms with van der Waals surface area (Å²) in [4.78, 5) is 32.7. The average Bonchev–Trinajstić information content (AvgIpc) is 2.92. The van der Waals surface area contributed by atoms with Gasteiger partial charge in [-0.25, -0.2) is 4.98 Å². The van der Waals surface area contributed by atoms with Gasteiger partial charge in [-0.1, -0.05) is 42.4 Å². The number of anilines is 1. The first kappa shape index (κ1) is 18.5. The van der Waals surface area contributed by atoms with Crippen LogP contribution in [0.2, 0.25) is 5.02 Å². The molecule has 6 nitrogen and oxygen atoms in total. The third kappa shape index (κ3) is 2.94. The van der Waals surface area contributed by atoms with E-state index in [9.17, 15) is 9.59 Å². The second-order valence-corrected chi connectivity index (χ2v) is 7.63. The quantitative estimate of drug-likeness (QED) is 0.752. The molecule has 4 rings (SSSR count). The lowest BCUT2D eigenvalue weighted by Gasteiger charge is -2.44. The van der Waals surface area contributed by atoms with Crippen molar-refractivity contribution in [2.24, 2.45) is 0 Å². The fourth-order valence-corrected chi connectivity index (χ4v) is 4.32. The van der Waals surface area contributed by atoms with Gasteiger partial charge >= 0.3 is 11.8 Å². The first-order valence-corrected chi connectivity index (χ1v) is 9.54. The van der Waals surface area contributed by atoms with Gasteiger partial charge in [0.2, 0.25) is 0 Å². The fourth-order valence-electron chi connectivity index (χ4n) is 4.21. The van der Waals surface area contributed by atoms with Crippen LogP contribution in [0.3, 0.4) is 0 Å². The Morgan fingerprint density at radius 2 is 1.89 bits per heavy atom. The molecule has 1 fully saturated rings. The summed E-state index contributed by atoms with van der Waals surface area (Å²) in [5, 5.41) is 3.00. The number of pyridine rings is 1. The van der Waals surface area contributed by atoms with Gasteiger partial charge in [0, 0.05) is 37.6 Å². The molecule has 144 valence electrons. The number of aromatic nitrogens is 1. The van der Waals surface area contributed by atoms with E-state index in [2.05, 4.69) is 41.0 Å². The van der Waals surface area contributed by atoms with Gasteiger partial charge < -0.3 is 15.1 Å². The Kier molecular flexibility index (Phi) is 4.59. The highest BCUT2D eigenvalue weighted by atomic mass is 35.5. The Labute approximate surface area is 168 Å². The van der Waals surface area contributed by atoms with Crippen LogP contribution in [0.5, 0.6) is 0 Å². The SMILES string of the molecule is C=C1c2ccccc2C2(CCN(C(=O)C(=O)Nc3ccc(Cl)cn3)CC2)N1C. The molecular weight excluding hydrogens is 376 g/mol. The van der Waals surface area contributed by atoms with Crippen molar-refractivity contribution in [3.8, 4) is 0 Å². The number of fused-ring (bicyclic) bond motifs is 2. The van der Waals surface area contributed by atoms with E-state index in [1.54, 1.807) is 17.0 Å². The molecule has 1 N–H and O–H groups in total. The molecule has 1 spiro atoms. The monoisotopic (exact) mass is 396 g/mol. The molecule has 1 aromatic carbocycles. The number of nitrogens with zero attached hydrogens (tertiary/aromatic N) is 3. The lowest BCUT2D eigenvalue weighted by atomic mass is 9.81. The van der Waals surface area contributed by atoms with Crippen LogP contribution in [-0.2, 0) is 15.1 Å². The Balaban J connectivity index is 1.45. The van der Waals surface area contributed by atoms with Gasteiger partial charge in [0.25, 0.3) is 0 Å². The molecule has 2 aliphatic heterocycles. The molecule has 0 bridgehead atoms. The van der Waals surface area contributed by atoms with Gasteiger partial charge in [-0.15, -0.1) is 0 Å². The largest absolute Gasteiger partial charge is 0.365 e. The summed E-state index contributed by atoms with van der Waals surface area (Å²) in [6.07, 6.45) is 2.92. The maximum absolute atomic E-state index is 12.6. The first-order chi connectivity index (χ1) is 13.4. The molecule has 28 heavy (non-hydrogen) atoms. The molecule has 0 aliphatic carbocycles. The minimum absolute atomic E-state index is 0.168. The zero-order chi connectivity index (χ0) is 19.9. The summed E-state index contributed by atoms with van der Waals surface area (Å²) in [5.74, 6) is -0.924. The predicted octanol–water partition coefficient (Wildman–Crippen LogP) is 3.11. The number of amides is 2. The molecular formula is C21H21ClN4O2. The van der Waals surface area contributed by atoms with E-state index >= 15 is 0 Å². The fraction of sp³-hybridized carbons (Fsp3) is 0.286. The van der Waals surface area contributed by atoms with Crippen LogP contribution < -0.4 is 5.32 Å². The zero-order valence-electron chi connectivity index (χ0n) is 15.6. The van der Waals surface area contributed by atoms with Crippen LogP contribution >= 0.6 is 11.6 Å². The summed E-state index contributed by atoms with van der Waals surface area (Å²) in [5.41, 5.74) is 3.25.